The van der Waals surface area contributed by atoms with E-state index in [4.69, 9.17) is 0 Å². The van der Waals surface area contributed by atoms with E-state index in [1.54, 1.807) is 17.5 Å². The van der Waals surface area contributed by atoms with Crippen LogP contribution in [0.5, 0.6) is 0 Å². The molecule has 1 amide bonds. The van der Waals surface area contributed by atoms with Gasteiger partial charge in [-0.15, -0.1) is 11.3 Å². The number of hydrogen-bond acceptors (Lipinski definition) is 3. The third-order valence-corrected chi connectivity index (χ3v) is 4.66. The monoisotopic (exact) mass is 318 g/mol. The Morgan fingerprint density at radius 2 is 2.09 bits per heavy atom. The summed E-state index contributed by atoms with van der Waals surface area (Å²) in [6.45, 7) is 3.70. The van der Waals surface area contributed by atoms with E-state index in [1.807, 2.05) is 4.90 Å². The van der Waals surface area contributed by atoms with Crippen LogP contribution in [0.4, 0.5) is 4.39 Å². The second kappa shape index (κ2) is 6.57. The molecule has 0 spiro atoms. The molecule has 22 heavy (non-hydrogen) atoms. The number of aromatic nitrogens is 1. The number of rotatable bonds is 6. The van der Waals surface area contributed by atoms with Gasteiger partial charge < -0.3 is 4.90 Å². The molecule has 0 radical (unpaired) electrons. The number of amides is 1. The molecule has 1 saturated carbocycles. The van der Waals surface area contributed by atoms with E-state index in [1.165, 1.54) is 36.3 Å². The van der Waals surface area contributed by atoms with Crippen molar-refractivity contribution < 1.29 is 9.18 Å². The van der Waals surface area contributed by atoms with Crippen LogP contribution < -0.4 is 0 Å². The number of thiazole rings is 1. The molecule has 3 rings (SSSR count). The lowest BCUT2D eigenvalue weighted by Gasteiger charge is -2.20. The SMILES string of the molecule is CCCN(CC1CC1)C(=O)c1csc(-c2ccc(F)cc2)n1. The van der Waals surface area contributed by atoms with Crippen molar-refractivity contribution in [2.45, 2.75) is 26.2 Å². The highest BCUT2D eigenvalue weighted by Crippen LogP contribution is 2.30. The van der Waals surface area contributed by atoms with Gasteiger partial charge in [0.2, 0.25) is 0 Å². The topological polar surface area (TPSA) is 33.2 Å². The molecular weight excluding hydrogens is 299 g/mol. The summed E-state index contributed by atoms with van der Waals surface area (Å²) in [6.07, 6.45) is 3.41. The molecule has 5 heteroatoms. The van der Waals surface area contributed by atoms with Crippen LogP contribution >= 0.6 is 11.3 Å². The first-order valence-electron chi connectivity index (χ1n) is 7.68. The highest BCUT2D eigenvalue weighted by molar-refractivity contribution is 7.13. The highest BCUT2D eigenvalue weighted by atomic mass is 32.1. The quantitative estimate of drug-likeness (QED) is 0.799. The van der Waals surface area contributed by atoms with Crippen LogP contribution in [0.15, 0.2) is 29.6 Å². The minimum Gasteiger partial charge on any atom is -0.337 e. The van der Waals surface area contributed by atoms with Gasteiger partial charge in [0.25, 0.3) is 5.91 Å². The van der Waals surface area contributed by atoms with Crippen molar-refractivity contribution in [1.82, 2.24) is 9.88 Å². The minimum absolute atomic E-state index is 0.0124. The maximum atomic E-state index is 13.0. The van der Waals surface area contributed by atoms with Gasteiger partial charge in [0.05, 0.1) is 0 Å². The van der Waals surface area contributed by atoms with Crippen molar-refractivity contribution in [3.8, 4) is 10.6 Å². The molecule has 0 atom stereocenters. The number of nitrogens with zero attached hydrogens (tertiary/aromatic N) is 2. The van der Waals surface area contributed by atoms with Crippen LogP contribution in [-0.4, -0.2) is 28.9 Å². The van der Waals surface area contributed by atoms with Gasteiger partial charge in [-0.2, -0.15) is 0 Å². The third-order valence-electron chi connectivity index (χ3n) is 3.77. The molecule has 1 aliphatic carbocycles. The molecule has 1 aromatic heterocycles. The van der Waals surface area contributed by atoms with Gasteiger partial charge in [-0.05, 0) is 49.4 Å². The summed E-state index contributed by atoms with van der Waals surface area (Å²) in [5, 5.41) is 2.56. The second-order valence-electron chi connectivity index (χ2n) is 5.74. The molecule has 1 aliphatic rings. The number of halogens is 1. The van der Waals surface area contributed by atoms with Gasteiger partial charge in [0.1, 0.15) is 16.5 Å². The van der Waals surface area contributed by atoms with Crippen LogP contribution in [0.2, 0.25) is 0 Å². The van der Waals surface area contributed by atoms with Gasteiger partial charge in [-0.3, -0.25) is 4.79 Å². The Kier molecular flexibility index (Phi) is 4.52. The first-order valence-corrected chi connectivity index (χ1v) is 8.56. The number of carbonyl (C=O) groups excluding carboxylic acids is 1. The first kappa shape index (κ1) is 15.2. The summed E-state index contributed by atoms with van der Waals surface area (Å²) in [5.74, 6) is 0.416. The normalized spacial score (nSPS) is 14.1. The number of benzene rings is 1. The zero-order valence-corrected chi connectivity index (χ0v) is 13.4. The van der Waals surface area contributed by atoms with E-state index in [-0.39, 0.29) is 11.7 Å². The van der Waals surface area contributed by atoms with Crippen LogP contribution in [-0.2, 0) is 0 Å². The Morgan fingerprint density at radius 1 is 1.36 bits per heavy atom. The Hall–Kier alpha value is -1.75. The van der Waals surface area contributed by atoms with E-state index in [0.717, 1.165) is 30.1 Å². The fraction of sp³-hybridized carbons (Fsp3) is 0.412. The van der Waals surface area contributed by atoms with Crippen molar-refractivity contribution in [3.05, 3.63) is 41.2 Å². The Morgan fingerprint density at radius 3 is 2.73 bits per heavy atom. The zero-order chi connectivity index (χ0) is 15.5. The van der Waals surface area contributed by atoms with Crippen LogP contribution in [0.1, 0.15) is 36.7 Å². The lowest BCUT2D eigenvalue weighted by atomic mass is 10.2. The molecule has 0 aliphatic heterocycles. The van der Waals surface area contributed by atoms with Crippen molar-refractivity contribution >= 4 is 17.2 Å². The summed E-state index contributed by atoms with van der Waals surface area (Å²) in [6, 6.07) is 6.20. The van der Waals surface area contributed by atoms with E-state index >= 15 is 0 Å². The Bertz CT molecular complexity index is 649. The van der Waals surface area contributed by atoms with Gasteiger partial charge >= 0.3 is 0 Å². The van der Waals surface area contributed by atoms with Crippen molar-refractivity contribution in [2.24, 2.45) is 5.92 Å². The van der Waals surface area contributed by atoms with Crippen LogP contribution in [0.3, 0.4) is 0 Å². The zero-order valence-electron chi connectivity index (χ0n) is 12.6. The Labute approximate surface area is 133 Å². The smallest absolute Gasteiger partial charge is 0.273 e. The molecule has 1 aromatic carbocycles. The summed E-state index contributed by atoms with van der Waals surface area (Å²) in [5.41, 5.74) is 1.34. The maximum absolute atomic E-state index is 13.0. The maximum Gasteiger partial charge on any atom is 0.273 e. The minimum atomic E-state index is -0.268. The van der Waals surface area contributed by atoms with Crippen molar-refractivity contribution in [1.29, 1.82) is 0 Å². The molecule has 0 bridgehead atoms. The molecule has 1 heterocycles. The first-order chi connectivity index (χ1) is 10.7. The molecule has 2 aromatic rings. The van der Waals surface area contributed by atoms with Crippen LogP contribution in [0.25, 0.3) is 10.6 Å². The summed E-state index contributed by atoms with van der Waals surface area (Å²) in [7, 11) is 0. The van der Waals surface area contributed by atoms with E-state index in [2.05, 4.69) is 11.9 Å². The average molecular weight is 318 g/mol. The summed E-state index contributed by atoms with van der Waals surface area (Å²) < 4.78 is 13.0. The predicted molar refractivity (Wildman–Crippen MR) is 86.4 cm³/mol. The van der Waals surface area contributed by atoms with Gasteiger partial charge in [-0.25, -0.2) is 9.37 Å². The standard InChI is InChI=1S/C17H19FN2OS/c1-2-9-20(10-12-3-4-12)17(21)15-11-22-16(19-15)13-5-7-14(18)8-6-13/h5-8,11-12H,2-4,9-10H2,1H3. The predicted octanol–water partition coefficient (Wildman–Crippen LogP) is 4.21. The van der Waals surface area contributed by atoms with E-state index in [0.29, 0.717) is 11.6 Å². The second-order valence-corrected chi connectivity index (χ2v) is 6.60. The fourth-order valence-electron chi connectivity index (χ4n) is 2.42. The van der Waals surface area contributed by atoms with E-state index < -0.39 is 0 Å². The molecule has 1 fully saturated rings. The number of hydrogen-bond donors (Lipinski definition) is 0. The third kappa shape index (κ3) is 3.53. The van der Waals surface area contributed by atoms with Gasteiger partial charge in [0.15, 0.2) is 0 Å². The fourth-order valence-corrected chi connectivity index (χ4v) is 3.22. The van der Waals surface area contributed by atoms with Crippen molar-refractivity contribution in [2.75, 3.05) is 13.1 Å². The van der Waals surface area contributed by atoms with Gasteiger partial charge in [0, 0.05) is 24.0 Å². The lowest BCUT2D eigenvalue weighted by molar-refractivity contribution is 0.0742. The Balaban J connectivity index is 1.76. The van der Waals surface area contributed by atoms with Gasteiger partial charge in [-0.1, -0.05) is 6.92 Å². The number of carbonyl (C=O) groups is 1. The highest BCUT2D eigenvalue weighted by Gasteiger charge is 2.27. The largest absolute Gasteiger partial charge is 0.337 e. The lowest BCUT2D eigenvalue weighted by Crippen LogP contribution is -2.33. The molecular formula is C17H19FN2OS. The molecule has 116 valence electrons. The summed E-state index contributed by atoms with van der Waals surface area (Å²) in [4.78, 5) is 19.0. The summed E-state index contributed by atoms with van der Waals surface area (Å²) >= 11 is 1.43. The average Bonchev–Trinajstić information content (AvgIpc) is 3.20. The molecule has 0 unspecified atom stereocenters. The van der Waals surface area contributed by atoms with Crippen LogP contribution in [0, 0.1) is 11.7 Å². The molecule has 0 N–H and O–H groups in total. The molecule has 3 nitrogen and oxygen atoms in total. The van der Waals surface area contributed by atoms with Crippen molar-refractivity contribution in [3.63, 3.8) is 0 Å². The van der Waals surface area contributed by atoms with E-state index in [9.17, 15) is 9.18 Å². The molecule has 0 saturated heterocycles.